The molecule has 162 valence electrons. The number of hydrogen-bond donors (Lipinski definition) is 1. The first-order valence-electron chi connectivity index (χ1n) is 10.4. The number of oxazole rings is 1. The molecule has 0 aliphatic carbocycles. The number of benzene rings is 2. The van der Waals surface area contributed by atoms with Crippen LogP contribution in [-0.2, 0) is 17.1 Å². The van der Waals surface area contributed by atoms with E-state index in [1.807, 2.05) is 48.2 Å². The summed E-state index contributed by atoms with van der Waals surface area (Å²) >= 11 is 3.56. The molecule has 3 aromatic rings. The quantitative estimate of drug-likeness (QED) is 0.514. The molecule has 4 rings (SSSR count). The van der Waals surface area contributed by atoms with E-state index in [1.165, 1.54) is 28.8 Å². The number of rotatable bonds is 8. The zero-order valence-corrected chi connectivity index (χ0v) is 19.3. The van der Waals surface area contributed by atoms with Gasteiger partial charge in [0.2, 0.25) is 11.8 Å². The summed E-state index contributed by atoms with van der Waals surface area (Å²) in [5.74, 6) is 4.05. The molecular weight excluding hydrogens is 426 g/mol. The Morgan fingerprint density at radius 3 is 2.77 bits per heavy atom. The summed E-state index contributed by atoms with van der Waals surface area (Å²) < 4.78 is 5.56. The first-order valence-corrected chi connectivity index (χ1v) is 12.8. The van der Waals surface area contributed by atoms with Gasteiger partial charge in [-0.1, -0.05) is 30.3 Å². The average molecular weight is 454 g/mol. The summed E-state index contributed by atoms with van der Waals surface area (Å²) in [5, 5.41) is 3.04. The maximum absolute atomic E-state index is 12.4. The average Bonchev–Trinajstić information content (AvgIpc) is 3.26. The highest BCUT2D eigenvalue weighted by molar-refractivity contribution is 7.99. The summed E-state index contributed by atoms with van der Waals surface area (Å²) in [6, 6.07) is 16.1. The van der Waals surface area contributed by atoms with Crippen molar-refractivity contribution in [3.05, 3.63) is 71.6 Å². The third-order valence-electron chi connectivity index (χ3n) is 5.13. The Hall–Kier alpha value is -2.22. The number of aryl methyl sites for hydroxylation is 1. The van der Waals surface area contributed by atoms with Crippen LogP contribution in [0.25, 0.3) is 11.5 Å². The number of anilines is 1. The first kappa shape index (κ1) is 22.0. The van der Waals surface area contributed by atoms with Crippen molar-refractivity contribution in [2.24, 2.45) is 0 Å². The number of nitrogens with one attached hydrogen (secondary N) is 1. The fourth-order valence-corrected chi connectivity index (χ4v) is 5.18. The van der Waals surface area contributed by atoms with E-state index in [9.17, 15) is 4.79 Å². The molecule has 0 saturated carbocycles. The van der Waals surface area contributed by atoms with Crippen LogP contribution < -0.4 is 5.32 Å². The normalized spacial score (nSPS) is 14.5. The van der Waals surface area contributed by atoms with Crippen LogP contribution in [0.5, 0.6) is 0 Å². The van der Waals surface area contributed by atoms with Gasteiger partial charge in [-0.15, -0.1) is 11.8 Å². The monoisotopic (exact) mass is 453 g/mol. The smallest absolute Gasteiger partial charge is 0.234 e. The van der Waals surface area contributed by atoms with Crippen LogP contribution >= 0.6 is 23.5 Å². The molecule has 0 radical (unpaired) electrons. The number of amides is 1. The zero-order valence-electron chi connectivity index (χ0n) is 17.7. The van der Waals surface area contributed by atoms with Crippen molar-refractivity contribution in [1.29, 1.82) is 0 Å². The Morgan fingerprint density at radius 2 is 2.00 bits per heavy atom. The molecule has 1 aliphatic heterocycles. The predicted octanol–water partition coefficient (Wildman–Crippen LogP) is 5.07. The van der Waals surface area contributed by atoms with Crippen molar-refractivity contribution in [3.63, 3.8) is 0 Å². The zero-order chi connectivity index (χ0) is 21.5. The van der Waals surface area contributed by atoms with Crippen LogP contribution in [0.15, 0.2) is 59.2 Å². The minimum absolute atomic E-state index is 0.000632. The van der Waals surface area contributed by atoms with Crippen LogP contribution in [0.3, 0.4) is 0 Å². The lowest BCUT2D eigenvalue weighted by Gasteiger charge is -2.26. The maximum Gasteiger partial charge on any atom is 0.234 e. The van der Waals surface area contributed by atoms with E-state index in [-0.39, 0.29) is 5.91 Å². The predicted molar refractivity (Wildman–Crippen MR) is 131 cm³/mol. The Kier molecular flexibility index (Phi) is 7.72. The van der Waals surface area contributed by atoms with Gasteiger partial charge in [-0.2, -0.15) is 11.8 Å². The van der Waals surface area contributed by atoms with Crippen LogP contribution in [0.1, 0.15) is 16.8 Å². The van der Waals surface area contributed by atoms with Gasteiger partial charge in [0, 0.05) is 48.1 Å². The number of carbonyl (C=O) groups is 1. The Bertz CT molecular complexity index is 1000. The first-order chi connectivity index (χ1) is 15.2. The number of hydrogen-bond acceptors (Lipinski definition) is 6. The number of carbonyl (C=O) groups excluding carboxylic acids is 1. The van der Waals surface area contributed by atoms with E-state index in [4.69, 9.17) is 4.42 Å². The molecule has 0 bridgehead atoms. The largest absolute Gasteiger partial charge is 0.444 e. The summed E-state index contributed by atoms with van der Waals surface area (Å²) in [6.07, 6.45) is 1.66. The van der Waals surface area contributed by atoms with Gasteiger partial charge in [0.1, 0.15) is 6.26 Å². The van der Waals surface area contributed by atoms with Crippen LogP contribution in [0.2, 0.25) is 0 Å². The molecule has 1 N–H and O–H groups in total. The fourth-order valence-electron chi connectivity index (χ4n) is 3.50. The molecule has 1 aromatic heterocycles. The molecule has 1 aliphatic rings. The molecule has 2 aromatic carbocycles. The van der Waals surface area contributed by atoms with Crippen molar-refractivity contribution in [2.75, 3.05) is 35.7 Å². The third kappa shape index (κ3) is 6.38. The molecule has 0 unspecified atom stereocenters. The third-order valence-corrected chi connectivity index (χ3v) is 7.04. The lowest BCUT2D eigenvalue weighted by Crippen LogP contribution is -2.31. The van der Waals surface area contributed by atoms with Crippen molar-refractivity contribution in [3.8, 4) is 11.5 Å². The topological polar surface area (TPSA) is 58.4 Å². The molecule has 31 heavy (non-hydrogen) atoms. The van der Waals surface area contributed by atoms with E-state index in [2.05, 4.69) is 34.3 Å². The minimum Gasteiger partial charge on any atom is -0.444 e. The van der Waals surface area contributed by atoms with Crippen LogP contribution in [0, 0.1) is 6.92 Å². The second-order valence-corrected chi connectivity index (χ2v) is 9.80. The SMILES string of the molecule is Cc1cc(CN2CCSCC2)ccc1NC(=O)CSCc1coc(-c2ccccc2)n1. The highest BCUT2D eigenvalue weighted by atomic mass is 32.2. The van der Waals surface area contributed by atoms with Crippen LogP contribution in [-0.4, -0.2) is 46.1 Å². The van der Waals surface area contributed by atoms with Gasteiger partial charge in [0.05, 0.1) is 11.4 Å². The summed E-state index contributed by atoms with van der Waals surface area (Å²) in [7, 11) is 0. The van der Waals surface area contributed by atoms with Crippen molar-refractivity contribution < 1.29 is 9.21 Å². The maximum atomic E-state index is 12.4. The van der Waals surface area contributed by atoms with E-state index in [1.54, 1.807) is 6.26 Å². The second-order valence-electron chi connectivity index (χ2n) is 7.59. The van der Waals surface area contributed by atoms with E-state index >= 15 is 0 Å². The summed E-state index contributed by atoms with van der Waals surface area (Å²) in [5.41, 5.74) is 5.09. The molecule has 7 heteroatoms. The van der Waals surface area contributed by atoms with Gasteiger partial charge in [-0.25, -0.2) is 4.98 Å². The van der Waals surface area contributed by atoms with Gasteiger partial charge < -0.3 is 9.73 Å². The van der Waals surface area contributed by atoms with Crippen LogP contribution in [0.4, 0.5) is 5.69 Å². The molecule has 1 saturated heterocycles. The van der Waals surface area contributed by atoms with E-state index < -0.39 is 0 Å². The summed E-state index contributed by atoms with van der Waals surface area (Å²) in [6.45, 7) is 5.34. The van der Waals surface area contributed by atoms with Gasteiger partial charge in [0.25, 0.3) is 0 Å². The lowest BCUT2D eigenvalue weighted by molar-refractivity contribution is -0.113. The molecule has 0 atom stereocenters. The fraction of sp³-hybridized carbons (Fsp3) is 0.333. The van der Waals surface area contributed by atoms with E-state index in [0.29, 0.717) is 17.4 Å². The number of aromatic nitrogens is 1. The molecule has 5 nitrogen and oxygen atoms in total. The molecule has 1 amide bonds. The van der Waals surface area contributed by atoms with Gasteiger partial charge >= 0.3 is 0 Å². The van der Waals surface area contributed by atoms with E-state index in [0.717, 1.165) is 42.1 Å². The minimum atomic E-state index is 0.000632. The second kappa shape index (κ2) is 10.9. The molecule has 0 spiro atoms. The standard InChI is InChI=1S/C24H27N3O2S2/c1-18-13-19(14-27-9-11-30-12-10-27)7-8-22(18)26-23(28)17-31-16-21-15-29-24(25-21)20-5-3-2-4-6-20/h2-8,13,15H,9-12,14,16-17H2,1H3,(H,26,28). The Labute approximate surface area is 192 Å². The number of thioether (sulfide) groups is 2. The van der Waals surface area contributed by atoms with Gasteiger partial charge in [0.15, 0.2) is 0 Å². The Balaban J connectivity index is 1.24. The summed E-state index contributed by atoms with van der Waals surface area (Å²) in [4.78, 5) is 19.4. The molecular formula is C24H27N3O2S2. The lowest BCUT2D eigenvalue weighted by atomic mass is 10.1. The van der Waals surface area contributed by atoms with Crippen molar-refractivity contribution in [1.82, 2.24) is 9.88 Å². The van der Waals surface area contributed by atoms with Gasteiger partial charge in [-0.3, -0.25) is 9.69 Å². The Morgan fingerprint density at radius 1 is 1.19 bits per heavy atom. The molecule has 1 fully saturated rings. The number of nitrogens with zero attached hydrogens (tertiary/aromatic N) is 2. The van der Waals surface area contributed by atoms with Crippen molar-refractivity contribution in [2.45, 2.75) is 19.2 Å². The van der Waals surface area contributed by atoms with Gasteiger partial charge in [-0.05, 0) is 36.2 Å². The van der Waals surface area contributed by atoms with Crippen molar-refractivity contribution >= 4 is 35.1 Å². The molecule has 2 heterocycles. The highest BCUT2D eigenvalue weighted by Crippen LogP contribution is 2.22. The highest BCUT2D eigenvalue weighted by Gasteiger charge is 2.12.